The molecule has 9 heteroatoms. The maximum absolute atomic E-state index is 13.4. The SMILES string of the molecule is COc1ccccc1C(=O)NCC1(c2ccccc2)CCN(S(=O)(=O)N2COCC2(C)C)CC1. The molecule has 2 fully saturated rings. The van der Waals surface area contributed by atoms with Crippen molar-refractivity contribution in [2.75, 3.05) is 40.1 Å². The van der Waals surface area contributed by atoms with Gasteiger partial charge in [0.25, 0.3) is 16.1 Å². The number of methoxy groups -OCH3 is 1. The van der Waals surface area contributed by atoms with Crippen LogP contribution in [-0.4, -0.2) is 68.6 Å². The average molecular weight is 488 g/mol. The fraction of sp³-hybridized carbons (Fsp3) is 0.480. The summed E-state index contributed by atoms with van der Waals surface area (Å²) in [7, 11) is -2.11. The molecule has 1 N–H and O–H groups in total. The highest BCUT2D eigenvalue weighted by atomic mass is 32.2. The Morgan fingerprint density at radius 2 is 1.71 bits per heavy atom. The van der Waals surface area contributed by atoms with Crippen LogP contribution in [0.2, 0.25) is 0 Å². The standard InChI is InChI=1S/C25H33N3O5S/c1-24(2)18-33-19-28(24)34(30,31)27-15-13-25(14-16-27,20-9-5-4-6-10-20)17-26-23(29)21-11-7-8-12-22(21)32-3/h4-12H,13-19H2,1-3H3,(H,26,29). The van der Waals surface area contributed by atoms with Gasteiger partial charge in [-0.25, -0.2) is 0 Å². The summed E-state index contributed by atoms with van der Waals surface area (Å²) in [4.78, 5) is 13.0. The molecule has 8 nitrogen and oxygen atoms in total. The number of carbonyl (C=O) groups is 1. The predicted octanol–water partition coefficient (Wildman–Crippen LogP) is 2.77. The second kappa shape index (κ2) is 9.65. The van der Waals surface area contributed by atoms with Crippen LogP contribution in [-0.2, 0) is 20.4 Å². The molecule has 2 saturated heterocycles. The lowest BCUT2D eigenvalue weighted by atomic mass is 9.73. The van der Waals surface area contributed by atoms with Crippen LogP contribution in [0.4, 0.5) is 0 Å². The first-order valence-electron chi connectivity index (χ1n) is 11.5. The van der Waals surface area contributed by atoms with E-state index in [0.29, 0.717) is 50.4 Å². The number of rotatable bonds is 7. The maximum atomic E-state index is 13.4. The molecular formula is C25H33N3O5S. The first kappa shape index (κ1) is 24.7. The van der Waals surface area contributed by atoms with E-state index in [2.05, 4.69) is 17.4 Å². The van der Waals surface area contributed by atoms with Crippen molar-refractivity contribution in [3.8, 4) is 5.75 Å². The van der Waals surface area contributed by atoms with Crippen LogP contribution < -0.4 is 10.1 Å². The fourth-order valence-electron chi connectivity index (χ4n) is 4.82. The Morgan fingerprint density at radius 1 is 1.06 bits per heavy atom. The molecule has 0 bridgehead atoms. The Hall–Kier alpha value is -2.46. The molecule has 1 amide bonds. The Balaban J connectivity index is 1.53. The lowest BCUT2D eigenvalue weighted by Crippen LogP contribution is -2.56. The van der Waals surface area contributed by atoms with Gasteiger partial charge in [0.2, 0.25) is 0 Å². The van der Waals surface area contributed by atoms with Crippen LogP contribution in [0, 0.1) is 0 Å². The second-order valence-electron chi connectivity index (χ2n) is 9.57. The van der Waals surface area contributed by atoms with Crippen molar-refractivity contribution in [2.24, 2.45) is 0 Å². The van der Waals surface area contributed by atoms with E-state index in [4.69, 9.17) is 9.47 Å². The molecule has 184 valence electrons. The van der Waals surface area contributed by atoms with E-state index >= 15 is 0 Å². The Labute approximate surface area is 202 Å². The highest BCUT2D eigenvalue weighted by molar-refractivity contribution is 7.86. The molecule has 2 aromatic carbocycles. The number of benzene rings is 2. The molecule has 0 aromatic heterocycles. The minimum absolute atomic E-state index is 0.0740. The minimum atomic E-state index is -3.65. The van der Waals surface area contributed by atoms with Gasteiger partial charge in [0.05, 0.1) is 24.8 Å². The summed E-state index contributed by atoms with van der Waals surface area (Å²) in [5, 5.41) is 3.09. The molecule has 2 aliphatic heterocycles. The van der Waals surface area contributed by atoms with Gasteiger partial charge in [0, 0.05) is 25.0 Å². The fourth-order valence-corrected chi connectivity index (χ4v) is 6.63. The highest BCUT2D eigenvalue weighted by Gasteiger charge is 2.47. The van der Waals surface area contributed by atoms with Crippen molar-refractivity contribution in [3.05, 3.63) is 65.7 Å². The number of hydrogen-bond acceptors (Lipinski definition) is 5. The van der Waals surface area contributed by atoms with Gasteiger partial charge in [-0.15, -0.1) is 0 Å². The molecule has 0 spiro atoms. The zero-order valence-electron chi connectivity index (χ0n) is 20.0. The molecule has 0 unspecified atom stereocenters. The largest absolute Gasteiger partial charge is 0.496 e. The summed E-state index contributed by atoms with van der Waals surface area (Å²) in [5.74, 6) is 0.309. The Morgan fingerprint density at radius 3 is 2.32 bits per heavy atom. The van der Waals surface area contributed by atoms with E-state index in [1.165, 1.54) is 4.31 Å². The van der Waals surface area contributed by atoms with E-state index in [1.54, 1.807) is 29.6 Å². The molecule has 2 aromatic rings. The normalized spacial score (nSPS) is 20.7. The van der Waals surface area contributed by atoms with Crippen molar-refractivity contribution in [2.45, 2.75) is 37.6 Å². The third-order valence-corrected chi connectivity index (χ3v) is 9.12. The maximum Gasteiger partial charge on any atom is 0.284 e. The van der Waals surface area contributed by atoms with Gasteiger partial charge >= 0.3 is 0 Å². The van der Waals surface area contributed by atoms with Crippen molar-refractivity contribution in [1.82, 2.24) is 13.9 Å². The van der Waals surface area contributed by atoms with Crippen LogP contribution in [0.5, 0.6) is 5.75 Å². The summed E-state index contributed by atoms with van der Waals surface area (Å²) in [5.41, 5.74) is 0.624. The number of hydrogen-bond donors (Lipinski definition) is 1. The van der Waals surface area contributed by atoms with E-state index in [9.17, 15) is 13.2 Å². The van der Waals surface area contributed by atoms with E-state index < -0.39 is 15.7 Å². The first-order chi connectivity index (χ1) is 16.2. The number of nitrogens with zero attached hydrogens (tertiary/aromatic N) is 2. The highest BCUT2D eigenvalue weighted by Crippen LogP contribution is 2.37. The molecule has 4 rings (SSSR count). The van der Waals surface area contributed by atoms with Crippen LogP contribution >= 0.6 is 0 Å². The second-order valence-corrected chi connectivity index (χ2v) is 11.4. The molecule has 0 aliphatic carbocycles. The quantitative estimate of drug-likeness (QED) is 0.649. The van der Waals surface area contributed by atoms with Crippen molar-refractivity contribution >= 4 is 16.1 Å². The van der Waals surface area contributed by atoms with Gasteiger partial charge in [0.15, 0.2) is 0 Å². The molecule has 0 atom stereocenters. The summed E-state index contributed by atoms with van der Waals surface area (Å²) < 4.78 is 40.5. The topological polar surface area (TPSA) is 88.2 Å². The van der Waals surface area contributed by atoms with Crippen LogP contribution in [0.3, 0.4) is 0 Å². The van der Waals surface area contributed by atoms with E-state index in [0.717, 1.165) is 5.56 Å². The number of para-hydroxylation sites is 1. The van der Waals surface area contributed by atoms with E-state index in [1.807, 2.05) is 38.1 Å². The summed E-state index contributed by atoms with van der Waals surface area (Å²) >= 11 is 0. The van der Waals surface area contributed by atoms with Crippen LogP contribution in [0.25, 0.3) is 0 Å². The number of amides is 1. The van der Waals surface area contributed by atoms with Crippen molar-refractivity contribution in [3.63, 3.8) is 0 Å². The molecule has 0 saturated carbocycles. The lowest BCUT2D eigenvalue weighted by molar-refractivity contribution is 0.0928. The van der Waals surface area contributed by atoms with Gasteiger partial charge in [0.1, 0.15) is 12.5 Å². The number of nitrogens with one attached hydrogen (secondary N) is 1. The smallest absolute Gasteiger partial charge is 0.284 e. The summed E-state index contributed by atoms with van der Waals surface area (Å²) in [6.07, 6.45) is 1.19. The van der Waals surface area contributed by atoms with E-state index in [-0.39, 0.29) is 18.1 Å². The molecule has 2 aliphatic rings. The number of carbonyl (C=O) groups excluding carboxylic acids is 1. The van der Waals surface area contributed by atoms with Crippen LogP contribution in [0.1, 0.15) is 42.6 Å². The third-order valence-electron chi connectivity index (χ3n) is 6.95. The minimum Gasteiger partial charge on any atom is -0.496 e. The van der Waals surface area contributed by atoms with Crippen LogP contribution in [0.15, 0.2) is 54.6 Å². The first-order valence-corrected chi connectivity index (χ1v) is 12.9. The van der Waals surface area contributed by atoms with Gasteiger partial charge in [-0.1, -0.05) is 42.5 Å². The van der Waals surface area contributed by atoms with Gasteiger partial charge < -0.3 is 14.8 Å². The van der Waals surface area contributed by atoms with Gasteiger partial charge in [-0.2, -0.15) is 17.0 Å². The predicted molar refractivity (Wildman–Crippen MR) is 130 cm³/mol. The van der Waals surface area contributed by atoms with Gasteiger partial charge in [-0.3, -0.25) is 4.79 Å². The van der Waals surface area contributed by atoms with Crippen molar-refractivity contribution in [1.29, 1.82) is 0 Å². The summed E-state index contributed by atoms with van der Waals surface area (Å²) in [6, 6.07) is 17.1. The molecule has 34 heavy (non-hydrogen) atoms. The Bertz CT molecular complexity index is 1110. The average Bonchev–Trinajstić information content (AvgIpc) is 3.23. The number of piperidine rings is 1. The zero-order valence-corrected chi connectivity index (χ0v) is 20.8. The summed E-state index contributed by atoms with van der Waals surface area (Å²) in [6.45, 7) is 5.35. The zero-order chi connectivity index (χ0) is 24.4. The van der Waals surface area contributed by atoms with Gasteiger partial charge in [-0.05, 0) is 44.4 Å². The van der Waals surface area contributed by atoms with Crippen molar-refractivity contribution < 1.29 is 22.7 Å². The molecule has 0 radical (unpaired) electrons. The molecule has 2 heterocycles. The number of ether oxygens (including phenoxy) is 2. The third kappa shape index (κ3) is 4.70. The lowest BCUT2D eigenvalue weighted by Gasteiger charge is -2.43. The monoisotopic (exact) mass is 487 g/mol. The Kier molecular flexibility index (Phi) is 7.00. The molecular weight excluding hydrogens is 454 g/mol.